The van der Waals surface area contributed by atoms with Crippen molar-refractivity contribution in [2.45, 2.75) is 25.3 Å². The van der Waals surface area contributed by atoms with Gasteiger partial charge in [0.1, 0.15) is 5.75 Å². The maximum atomic E-state index is 12.5. The van der Waals surface area contributed by atoms with E-state index in [-0.39, 0.29) is 24.8 Å². The maximum Gasteiger partial charge on any atom is 0.303 e. The molecule has 25 heavy (non-hydrogen) atoms. The molecule has 1 atom stereocenters. The fourth-order valence-electron chi connectivity index (χ4n) is 2.73. The number of thiophene rings is 1. The highest BCUT2D eigenvalue weighted by Gasteiger charge is 2.33. The lowest BCUT2D eigenvalue weighted by molar-refractivity contribution is -0.141. The fraction of sp³-hybridized carbons (Fsp3) is 0.278. The number of hydrazone groups is 1. The Balaban J connectivity index is 1.85. The molecular weight excluding hydrogens is 340 g/mol. The average Bonchev–Trinajstić information content (AvgIpc) is 3.29. The van der Waals surface area contributed by atoms with Crippen molar-refractivity contribution in [3.63, 3.8) is 0 Å². The Hall–Kier alpha value is -2.67. The van der Waals surface area contributed by atoms with Crippen LogP contribution >= 0.6 is 11.3 Å². The summed E-state index contributed by atoms with van der Waals surface area (Å²) in [5, 5.41) is 16.7. The van der Waals surface area contributed by atoms with Crippen molar-refractivity contribution < 1.29 is 19.4 Å². The van der Waals surface area contributed by atoms with Crippen molar-refractivity contribution in [2.24, 2.45) is 5.10 Å². The predicted molar refractivity (Wildman–Crippen MR) is 94.9 cm³/mol. The van der Waals surface area contributed by atoms with Gasteiger partial charge in [-0.2, -0.15) is 5.10 Å². The molecule has 6 nitrogen and oxygen atoms in total. The first-order valence-electron chi connectivity index (χ1n) is 7.87. The number of benzene rings is 1. The zero-order chi connectivity index (χ0) is 17.8. The molecule has 1 amide bonds. The molecule has 0 fully saturated rings. The smallest absolute Gasteiger partial charge is 0.303 e. The third-order valence-electron chi connectivity index (χ3n) is 4.01. The van der Waals surface area contributed by atoms with Gasteiger partial charge in [0, 0.05) is 17.7 Å². The number of ether oxygens (including phenoxy) is 1. The minimum Gasteiger partial charge on any atom is -0.497 e. The molecular formula is C18H18N2O4S. The van der Waals surface area contributed by atoms with E-state index in [1.165, 1.54) is 5.01 Å². The van der Waals surface area contributed by atoms with Gasteiger partial charge < -0.3 is 9.84 Å². The van der Waals surface area contributed by atoms with Crippen LogP contribution in [0.2, 0.25) is 0 Å². The number of amides is 1. The summed E-state index contributed by atoms with van der Waals surface area (Å²) in [6.45, 7) is 0. The van der Waals surface area contributed by atoms with Gasteiger partial charge in [0.15, 0.2) is 0 Å². The van der Waals surface area contributed by atoms with Gasteiger partial charge in [0.2, 0.25) is 5.91 Å². The number of carbonyl (C=O) groups is 2. The van der Waals surface area contributed by atoms with Crippen LogP contribution < -0.4 is 4.74 Å². The minimum absolute atomic E-state index is 0.0589. The number of carboxylic acids is 1. The number of hydrogen-bond acceptors (Lipinski definition) is 5. The molecule has 1 N–H and O–H groups in total. The van der Waals surface area contributed by atoms with Gasteiger partial charge in [0.05, 0.1) is 25.3 Å². The molecule has 0 saturated heterocycles. The molecule has 0 unspecified atom stereocenters. The number of carboxylic acid groups (broad SMARTS) is 1. The van der Waals surface area contributed by atoms with E-state index >= 15 is 0 Å². The van der Waals surface area contributed by atoms with E-state index in [2.05, 4.69) is 5.10 Å². The number of aliphatic carboxylic acids is 1. The van der Waals surface area contributed by atoms with Crippen molar-refractivity contribution in [2.75, 3.05) is 7.11 Å². The fourth-order valence-corrected chi connectivity index (χ4v) is 3.54. The number of hydrogen-bond donors (Lipinski definition) is 1. The molecule has 0 radical (unpaired) electrons. The molecule has 1 aliphatic heterocycles. The van der Waals surface area contributed by atoms with Crippen LogP contribution in [0.5, 0.6) is 5.75 Å². The van der Waals surface area contributed by atoms with Crippen LogP contribution in [0, 0.1) is 0 Å². The molecule has 2 aromatic rings. The topological polar surface area (TPSA) is 79.2 Å². The highest BCUT2D eigenvalue weighted by molar-refractivity contribution is 7.10. The van der Waals surface area contributed by atoms with Gasteiger partial charge in [-0.15, -0.1) is 11.3 Å². The van der Waals surface area contributed by atoms with Crippen LogP contribution in [0.25, 0.3) is 0 Å². The van der Waals surface area contributed by atoms with Crippen LogP contribution in [-0.2, 0) is 9.59 Å². The lowest BCUT2D eigenvalue weighted by atomic mass is 10.0. The van der Waals surface area contributed by atoms with Gasteiger partial charge in [-0.1, -0.05) is 6.07 Å². The van der Waals surface area contributed by atoms with E-state index in [4.69, 9.17) is 9.84 Å². The van der Waals surface area contributed by atoms with Gasteiger partial charge in [0.25, 0.3) is 0 Å². The zero-order valence-corrected chi connectivity index (χ0v) is 14.5. The van der Waals surface area contributed by atoms with E-state index in [9.17, 15) is 9.59 Å². The molecule has 0 spiro atoms. The van der Waals surface area contributed by atoms with E-state index in [1.807, 2.05) is 41.8 Å². The standard InChI is InChI=1S/C18H18N2O4S/c1-24-13-6-4-12(5-7-13)14-11-15(16-3-2-10-25-16)20(19-14)17(21)8-9-18(22)23/h2-7,10,15H,8-9,11H2,1H3,(H,22,23)/t15-/m0/s1. The van der Waals surface area contributed by atoms with Gasteiger partial charge in [-0.3, -0.25) is 9.59 Å². The Morgan fingerprint density at radius 3 is 2.64 bits per heavy atom. The summed E-state index contributed by atoms with van der Waals surface area (Å²) in [5.41, 5.74) is 1.74. The molecule has 0 bridgehead atoms. The number of rotatable bonds is 6. The highest BCUT2D eigenvalue weighted by Crippen LogP contribution is 2.35. The van der Waals surface area contributed by atoms with Gasteiger partial charge in [-0.05, 0) is 41.3 Å². The largest absolute Gasteiger partial charge is 0.497 e. The zero-order valence-electron chi connectivity index (χ0n) is 13.7. The Bertz CT molecular complexity index is 784. The second-order valence-corrected chi connectivity index (χ2v) is 6.62. The summed E-state index contributed by atoms with van der Waals surface area (Å²) in [4.78, 5) is 24.3. The number of nitrogens with zero attached hydrogens (tertiary/aromatic N) is 2. The molecule has 130 valence electrons. The first-order valence-corrected chi connectivity index (χ1v) is 8.75. The Morgan fingerprint density at radius 2 is 2.04 bits per heavy atom. The van der Waals surface area contributed by atoms with Crippen molar-refractivity contribution >= 4 is 28.9 Å². The Morgan fingerprint density at radius 1 is 1.28 bits per heavy atom. The van der Waals surface area contributed by atoms with Crippen molar-refractivity contribution in [1.82, 2.24) is 5.01 Å². The molecule has 1 aliphatic rings. The lowest BCUT2D eigenvalue weighted by Gasteiger charge is -2.20. The summed E-state index contributed by atoms with van der Waals surface area (Å²) in [6.07, 6.45) is 0.349. The molecule has 0 saturated carbocycles. The monoisotopic (exact) mass is 358 g/mol. The molecule has 7 heteroatoms. The summed E-state index contributed by atoms with van der Waals surface area (Å²) in [6, 6.07) is 11.3. The normalized spacial score (nSPS) is 16.6. The third kappa shape index (κ3) is 3.88. The molecule has 1 aromatic carbocycles. The quantitative estimate of drug-likeness (QED) is 0.859. The summed E-state index contributed by atoms with van der Waals surface area (Å²) < 4.78 is 5.17. The number of methoxy groups -OCH3 is 1. The van der Waals surface area contributed by atoms with Crippen LogP contribution in [0.3, 0.4) is 0 Å². The summed E-state index contributed by atoms with van der Waals surface area (Å²) >= 11 is 1.57. The summed E-state index contributed by atoms with van der Waals surface area (Å²) in [5.74, 6) is -0.504. The van der Waals surface area contributed by atoms with E-state index < -0.39 is 5.97 Å². The highest BCUT2D eigenvalue weighted by atomic mass is 32.1. The molecule has 2 heterocycles. The lowest BCUT2D eigenvalue weighted by Crippen LogP contribution is -2.26. The van der Waals surface area contributed by atoms with Gasteiger partial charge >= 0.3 is 5.97 Å². The first kappa shape index (κ1) is 17.2. The maximum absolute atomic E-state index is 12.5. The van der Waals surface area contributed by atoms with Crippen molar-refractivity contribution in [1.29, 1.82) is 0 Å². The van der Waals surface area contributed by atoms with Crippen LogP contribution in [0.15, 0.2) is 46.9 Å². The second-order valence-electron chi connectivity index (χ2n) is 5.64. The van der Waals surface area contributed by atoms with E-state index in [1.54, 1.807) is 18.4 Å². The average molecular weight is 358 g/mol. The summed E-state index contributed by atoms with van der Waals surface area (Å²) in [7, 11) is 1.61. The van der Waals surface area contributed by atoms with E-state index in [0.29, 0.717) is 6.42 Å². The SMILES string of the molecule is COc1ccc(C2=NN(C(=O)CCC(=O)O)[C@H](c3cccs3)C2)cc1. The predicted octanol–water partition coefficient (Wildman–Crippen LogP) is 3.30. The molecule has 1 aromatic heterocycles. The number of carbonyl (C=O) groups excluding carboxylic acids is 1. The van der Waals surface area contributed by atoms with Crippen molar-refractivity contribution in [3.05, 3.63) is 52.2 Å². The minimum atomic E-state index is -0.987. The van der Waals surface area contributed by atoms with Gasteiger partial charge in [-0.25, -0.2) is 5.01 Å². The molecule has 0 aliphatic carbocycles. The first-order chi connectivity index (χ1) is 12.1. The third-order valence-corrected chi connectivity index (χ3v) is 4.99. The molecule has 3 rings (SSSR count). The Labute approximate surface area is 149 Å². The Kier molecular flexibility index (Phi) is 5.14. The van der Waals surface area contributed by atoms with Crippen molar-refractivity contribution in [3.8, 4) is 5.75 Å². The van der Waals surface area contributed by atoms with Crippen LogP contribution in [0.1, 0.15) is 35.7 Å². The van der Waals surface area contributed by atoms with E-state index in [0.717, 1.165) is 21.9 Å². The van der Waals surface area contributed by atoms with Crippen LogP contribution in [0.4, 0.5) is 0 Å². The second kappa shape index (κ2) is 7.48. The van der Waals surface area contributed by atoms with Crippen LogP contribution in [-0.4, -0.2) is 34.8 Å².